The molecule has 2 heteroatoms. The summed E-state index contributed by atoms with van der Waals surface area (Å²) in [6.45, 7) is 3.81. The lowest BCUT2D eigenvalue weighted by Gasteiger charge is -2.06. The van der Waals surface area contributed by atoms with Crippen LogP contribution in [0.2, 0.25) is 0 Å². The van der Waals surface area contributed by atoms with Gasteiger partial charge >= 0.3 is 5.97 Å². The van der Waals surface area contributed by atoms with E-state index < -0.39 is 5.97 Å². The van der Waals surface area contributed by atoms with Gasteiger partial charge in [-0.3, -0.25) is 4.79 Å². The first-order chi connectivity index (χ1) is 7.16. The molecule has 1 aromatic rings. The molecule has 2 nitrogen and oxygen atoms in total. The average Bonchev–Trinajstić information content (AvgIpc) is 2.62. The number of rotatable bonds is 3. The van der Waals surface area contributed by atoms with Gasteiger partial charge in [0.1, 0.15) is 0 Å². The number of aliphatic carboxylic acids is 1. The van der Waals surface area contributed by atoms with Crippen molar-refractivity contribution in [1.29, 1.82) is 0 Å². The maximum Gasteiger partial charge on any atom is 0.307 e. The molecule has 0 atom stereocenters. The highest BCUT2D eigenvalue weighted by Gasteiger charge is 2.12. The number of hydrogen-bond donors (Lipinski definition) is 1. The summed E-state index contributed by atoms with van der Waals surface area (Å²) in [6.07, 6.45) is 3.51. The van der Waals surface area contributed by atoms with Crippen LogP contribution in [0.1, 0.15) is 29.5 Å². The molecule has 15 heavy (non-hydrogen) atoms. The molecule has 0 saturated heterocycles. The number of aryl methyl sites for hydroxylation is 2. The van der Waals surface area contributed by atoms with Crippen molar-refractivity contribution in [2.75, 3.05) is 0 Å². The minimum atomic E-state index is -0.819. The molecule has 78 valence electrons. The average molecular weight is 202 g/mol. The zero-order chi connectivity index (χ0) is 10.8. The Morgan fingerprint density at radius 1 is 1.33 bits per heavy atom. The van der Waals surface area contributed by atoms with Crippen molar-refractivity contribution in [1.82, 2.24) is 0 Å². The Hall–Kier alpha value is -1.57. The van der Waals surface area contributed by atoms with Crippen LogP contribution in [0, 0.1) is 0 Å². The molecule has 0 unspecified atom stereocenters. The molecule has 0 spiro atoms. The maximum absolute atomic E-state index is 10.6. The Morgan fingerprint density at radius 3 is 2.80 bits per heavy atom. The summed E-state index contributed by atoms with van der Waals surface area (Å²) in [5.74, 6) is -0.819. The molecule has 1 N–H and O–H groups in total. The molecule has 1 aliphatic carbocycles. The second-order valence-electron chi connectivity index (χ2n) is 4.01. The predicted octanol–water partition coefficient (Wildman–Crippen LogP) is 2.66. The minimum absolute atomic E-state index is 0.0266. The van der Waals surface area contributed by atoms with Crippen LogP contribution >= 0.6 is 0 Å². The van der Waals surface area contributed by atoms with Crippen LogP contribution in [0.5, 0.6) is 0 Å². The van der Waals surface area contributed by atoms with Crippen molar-refractivity contribution < 1.29 is 9.90 Å². The monoisotopic (exact) mass is 202 g/mol. The van der Waals surface area contributed by atoms with Crippen molar-refractivity contribution in [2.24, 2.45) is 0 Å². The van der Waals surface area contributed by atoms with Crippen molar-refractivity contribution >= 4 is 11.5 Å². The molecular weight excluding hydrogens is 188 g/mol. The number of hydrogen-bond acceptors (Lipinski definition) is 1. The van der Waals surface area contributed by atoms with E-state index >= 15 is 0 Å². The van der Waals surface area contributed by atoms with Crippen LogP contribution in [0.3, 0.4) is 0 Å². The van der Waals surface area contributed by atoms with Crippen LogP contribution in [0.25, 0.3) is 5.57 Å². The summed E-state index contributed by atoms with van der Waals surface area (Å²) in [5.41, 5.74) is 4.43. The van der Waals surface area contributed by atoms with E-state index in [1.54, 1.807) is 0 Å². The lowest BCUT2D eigenvalue weighted by atomic mass is 10.00. The molecule has 1 aromatic carbocycles. The van der Waals surface area contributed by atoms with E-state index in [1.807, 2.05) is 6.07 Å². The predicted molar refractivity (Wildman–Crippen MR) is 59.8 cm³/mol. The smallest absolute Gasteiger partial charge is 0.307 e. The van der Waals surface area contributed by atoms with E-state index in [4.69, 9.17) is 5.11 Å². The highest BCUT2D eigenvalue weighted by Crippen LogP contribution is 2.26. The topological polar surface area (TPSA) is 37.3 Å². The van der Waals surface area contributed by atoms with Crippen LogP contribution in [0.4, 0.5) is 0 Å². The van der Waals surface area contributed by atoms with Crippen LogP contribution in [-0.4, -0.2) is 11.1 Å². The van der Waals surface area contributed by atoms with E-state index in [9.17, 15) is 4.79 Å². The molecule has 0 amide bonds. The quantitative estimate of drug-likeness (QED) is 0.818. The van der Waals surface area contributed by atoms with Crippen molar-refractivity contribution in [3.63, 3.8) is 0 Å². The maximum atomic E-state index is 10.6. The van der Waals surface area contributed by atoms with Gasteiger partial charge in [0, 0.05) is 0 Å². The van der Waals surface area contributed by atoms with Gasteiger partial charge in [-0.2, -0.15) is 0 Å². The van der Waals surface area contributed by atoms with Gasteiger partial charge in [0.15, 0.2) is 0 Å². The Bertz CT molecular complexity index is 419. The summed E-state index contributed by atoms with van der Waals surface area (Å²) in [4.78, 5) is 10.6. The lowest BCUT2D eigenvalue weighted by molar-refractivity contribution is -0.135. The number of fused-ring (bicyclic) bond motifs is 1. The summed E-state index contributed by atoms with van der Waals surface area (Å²) < 4.78 is 0. The summed E-state index contributed by atoms with van der Waals surface area (Å²) in [6, 6.07) is 6.17. The third-order valence-corrected chi connectivity index (χ3v) is 2.87. The van der Waals surface area contributed by atoms with Crippen molar-refractivity contribution in [3.05, 3.63) is 41.5 Å². The molecular formula is C13H14O2. The van der Waals surface area contributed by atoms with Gasteiger partial charge < -0.3 is 5.11 Å². The van der Waals surface area contributed by atoms with E-state index in [-0.39, 0.29) is 6.42 Å². The Kier molecular flexibility index (Phi) is 2.58. The number of carboxylic acids is 1. The van der Waals surface area contributed by atoms with Crippen LogP contribution < -0.4 is 0 Å². The van der Waals surface area contributed by atoms with Crippen LogP contribution in [-0.2, 0) is 17.6 Å². The molecule has 0 aliphatic heterocycles. The lowest BCUT2D eigenvalue weighted by Crippen LogP contribution is -1.96. The van der Waals surface area contributed by atoms with Crippen molar-refractivity contribution in [3.8, 4) is 0 Å². The first-order valence-electron chi connectivity index (χ1n) is 5.18. The molecule has 2 rings (SSSR count). The van der Waals surface area contributed by atoms with Gasteiger partial charge in [-0.15, -0.1) is 0 Å². The normalized spacial score (nSPS) is 13.6. The minimum Gasteiger partial charge on any atom is -0.481 e. The second kappa shape index (κ2) is 3.89. The molecule has 0 radical (unpaired) electrons. The Morgan fingerprint density at radius 2 is 2.07 bits per heavy atom. The molecule has 1 aliphatic rings. The number of carbonyl (C=O) groups is 1. The zero-order valence-electron chi connectivity index (χ0n) is 8.62. The third-order valence-electron chi connectivity index (χ3n) is 2.87. The second-order valence-corrected chi connectivity index (χ2v) is 4.01. The van der Waals surface area contributed by atoms with E-state index in [0.29, 0.717) is 5.57 Å². The fourth-order valence-electron chi connectivity index (χ4n) is 2.08. The Labute approximate surface area is 89.2 Å². The summed E-state index contributed by atoms with van der Waals surface area (Å²) in [7, 11) is 0. The van der Waals surface area contributed by atoms with Gasteiger partial charge in [0.25, 0.3) is 0 Å². The number of benzene rings is 1. The molecule has 0 heterocycles. The van der Waals surface area contributed by atoms with Gasteiger partial charge in [-0.25, -0.2) is 0 Å². The van der Waals surface area contributed by atoms with E-state index in [1.165, 1.54) is 17.5 Å². The summed E-state index contributed by atoms with van der Waals surface area (Å²) >= 11 is 0. The fraction of sp³-hybridized carbons (Fsp3) is 0.308. The van der Waals surface area contributed by atoms with Gasteiger partial charge in [-0.1, -0.05) is 24.8 Å². The van der Waals surface area contributed by atoms with Gasteiger partial charge in [-0.05, 0) is 41.5 Å². The summed E-state index contributed by atoms with van der Waals surface area (Å²) in [5, 5.41) is 8.68. The van der Waals surface area contributed by atoms with Crippen molar-refractivity contribution in [2.45, 2.75) is 25.7 Å². The molecule has 0 bridgehead atoms. The zero-order valence-corrected chi connectivity index (χ0v) is 8.62. The largest absolute Gasteiger partial charge is 0.481 e. The first kappa shape index (κ1) is 9.97. The van der Waals surface area contributed by atoms with Gasteiger partial charge in [0.05, 0.1) is 6.42 Å². The first-order valence-corrected chi connectivity index (χ1v) is 5.18. The van der Waals surface area contributed by atoms with Crippen LogP contribution in [0.15, 0.2) is 24.8 Å². The third kappa shape index (κ3) is 2.09. The fourth-order valence-corrected chi connectivity index (χ4v) is 2.08. The molecule has 0 saturated carbocycles. The highest BCUT2D eigenvalue weighted by molar-refractivity contribution is 5.83. The van der Waals surface area contributed by atoms with E-state index in [0.717, 1.165) is 18.4 Å². The highest BCUT2D eigenvalue weighted by atomic mass is 16.4. The van der Waals surface area contributed by atoms with Gasteiger partial charge in [0.2, 0.25) is 0 Å². The number of carboxylic acid groups (broad SMARTS) is 1. The molecule has 0 fully saturated rings. The van der Waals surface area contributed by atoms with E-state index in [2.05, 4.69) is 18.7 Å². The molecule has 0 aromatic heterocycles. The SMILES string of the molecule is C=C(CC(=O)O)c1ccc2c(c1)CCC2. The Balaban J connectivity index is 2.23. The standard InChI is InChI=1S/C13H14O2/c1-9(7-13(14)15)11-6-5-10-3-2-4-12(10)8-11/h5-6,8H,1-4,7H2,(H,14,15).